The van der Waals surface area contributed by atoms with Gasteiger partial charge in [0.1, 0.15) is 0 Å². The predicted octanol–water partition coefficient (Wildman–Crippen LogP) is 10.0. The second-order valence-electron chi connectivity index (χ2n) is 10.4. The highest BCUT2D eigenvalue weighted by molar-refractivity contribution is 6.24. The fraction of sp³-hybridized carbons (Fsp3) is 0.0556. The Morgan fingerprint density at radius 3 is 2.05 bits per heavy atom. The number of fused-ring (bicyclic) bond motifs is 6. The third kappa shape index (κ3) is 2.89. The lowest BCUT2D eigenvalue weighted by Crippen LogP contribution is -2.15. The van der Waals surface area contributed by atoms with E-state index in [-0.39, 0.29) is 0 Å². The molecule has 0 spiro atoms. The van der Waals surface area contributed by atoms with Crippen LogP contribution in [0, 0.1) is 13.8 Å². The summed E-state index contributed by atoms with van der Waals surface area (Å²) in [6.07, 6.45) is 0. The van der Waals surface area contributed by atoms with Gasteiger partial charge in [0.05, 0.1) is 22.4 Å². The highest BCUT2D eigenvalue weighted by Crippen LogP contribution is 2.54. The molecule has 180 valence electrons. The van der Waals surface area contributed by atoms with Crippen LogP contribution in [0.3, 0.4) is 0 Å². The summed E-state index contributed by atoms with van der Waals surface area (Å²) >= 11 is 0. The number of hydrogen-bond acceptors (Lipinski definition) is 1. The molecule has 0 fully saturated rings. The van der Waals surface area contributed by atoms with E-state index in [0.717, 1.165) is 0 Å². The molecule has 0 saturated heterocycles. The van der Waals surface area contributed by atoms with Crippen LogP contribution in [0.4, 0.5) is 17.1 Å². The average molecular weight is 487 g/mol. The van der Waals surface area contributed by atoms with E-state index in [0.29, 0.717) is 0 Å². The second kappa shape index (κ2) is 7.84. The van der Waals surface area contributed by atoms with Crippen molar-refractivity contribution in [3.8, 4) is 16.8 Å². The number of benzene rings is 6. The normalized spacial score (nSPS) is 12.4. The van der Waals surface area contributed by atoms with Gasteiger partial charge in [-0.2, -0.15) is 0 Å². The molecular formula is C36H26N2. The molecule has 0 N–H and O–H groups in total. The third-order valence-electron chi connectivity index (χ3n) is 7.93. The third-order valence-corrected chi connectivity index (χ3v) is 7.93. The van der Waals surface area contributed by atoms with Gasteiger partial charge in [0.2, 0.25) is 0 Å². The van der Waals surface area contributed by atoms with E-state index in [2.05, 4.69) is 145 Å². The molecule has 6 aromatic carbocycles. The molecular weight excluding hydrogens is 460 g/mol. The molecule has 38 heavy (non-hydrogen) atoms. The molecule has 7 aromatic rings. The van der Waals surface area contributed by atoms with Crippen LogP contribution in [0.5, 0.6) is 0 Å². The van der Waals surface area contributed by atoms with Gasteiger partial charge in [-0.15, -0.1) is 0 Å². The maximum atomic E-state index is 2.48. The topological polar surface area (TPSA) is 8.17 Å². The largest absolute Gasteiger partial charge is 0.309 e. The molecule has 1 aliphatic rings. The maximum absolute atomic E-state index is 2.48. The first-order chi connectivity index (χ1) is 18.7. The second-order valence-corrected chi connectivity index (χ2v) is 10.4. The zero-order valence-electron chi connectivity index (χ0n) is 21.4. The standard InChI is InChI=1S/C36H26N2/c1-23-20-24(2)22-27(21-23)37-31-16-7-6-14-30(31)35-33(37)19-18-29-28-15-8-10-25-11-9-17-32(34(25)28)38(36(29)35)26-12-4-3-5-13-26/h3-22H,1-2H3. The molecule has 0 amide bonds. The van der Waals surface area contributed by atoms with Crippen LogP contribution >= 0.6 is 0 Å². The first-order valence-electron chi connectivity index (χ1n) is 13.2. The SMILES string of the molecule is Cc1cc(C)cc(-n2c3ccccc3c3c4c(ccc32)-c2cccc3cccc(c23)N4c2ccccc2)c1. The van der Waals surface area contributed by atoms with Crippen LogP contribution in [0.2, 0.25) is 0 Å². The molecule has 1 aromatic heterocycles. The van der Waals surface area contributed by atoms with Crippen molar-refractivity contribution in [1.82, 2.24) is 4.57 Å². The van der Waals surface area contributed by atoms with Crippen molar-refractivity contribution < 1.29 is 0 Å². The van der Waals surface area contributed by atoms with Crippen molar-refractivity contribution in [3.05, 3.63) is 132 Å². The Labute approximate surface area is 222 Å². The van der Waals surface area contributed by atoms with Crippen LogP contribution in [-0.4, -0.2) is 4.57 Å². The zero-order valence-corrected chi connectivity index (χ0v) is 21.4. The number of para-hydroxylation sites is 2. The minimum Gasteiger partial charge on any atom is -0.309 e. The highest BCUT2D eigenvalue weighted by atomic mass is 15.2. The molecule has 2 heteroatoms. The van der Waals surface area contributed by atoms with Gasteiger partial charge in [-0.3, -0.25) is 0 Å². The molecule has 0 radical (unpaired) electrons. The van der Waals surface area contributed by atoms with Gasteiger partial charge in [-0.25, -0.2) is 0 Å². The van der Waals surface area contributed by atoms with Gasteiger partial charge in [-0.05, 0) is 78.4 Å². The minimum atomic E-state index is 1.17. The van der Waals surface area contributed by atoms with E-state index in [1.54, 1.807) is 0 Å². The molecule has 0 aliphatic carbocycles. The molecule has 0 unspecified atom stereocenters. The molecule has 8 rings (SSSR count). The number of hydrogen-bond donors (Lipinski definition) is 0. The minimum absolute atomic E-state index is 1.17. The Balaban J connectivity index is 1.58. The highest BCUT2D eigenvalue weighted by Gasteiger charge is 2.29. The number of aryl methyl sites for hydroxylation is 2. The lowest BCUT2D eigenvalue weighted by Gasteiger charge is -2.34. The van der Waals surface area contributed by atoms with Gasteiger partial charge >= 0.3 is 0 Å². The lowest BCUT2D eigenvalue weighted by molar-refractivity contribution is 1.16. The van der Waals surface area contributed by atoms with Crippen molar-refractivity contribution in [2.24, 2.45) is 0 Å². The van der Waals surface area contributed by atoms with E-state index in [4.69, 9.17) is 0 Å². The van der Waals surface area contributed by atoms with Crippen LogP contribution in [-0.2, 0) is 0 Å². The van der Waals surface area contributed by atoms with Crippen molar-refractivity contribution >= 4 is 49.6 Å². The summed E-state index contributed by atoms with van der Waals surface area (Å²) in [5.74, 6) is 0. The van der Waals surface area contributed by atoms with Crippen LogP contribution < -0.4 is 4.90 Å². The lowest BCUT2D eigenvalue weighted by atomic mass is 9.89. The van der Waals surface area contributed by atoms with Crippen molar-refractivity contribution in [3.63, 3.8) is 0 Å². The molecule has 0 atom stereocenters. The van der Waals surface area contributed by atoms with E-state index in [1.165, 1.54) is 77.6 Å². The number of aromatic nitrogens is 1. The van der Waals surface area contributed by atoms with E-state index >= 15 is 0 Å². The fourth-order valence-corrected chi connectivity index (χ4v) is 6.55. The Morgan fingerprint density at radius 1 is 0.500 bits per heavy atom. The molecule has 2 heterocycles. The zero-order chi connectivity index (χ0) is 25.4. The first kappa shape index (κ1) is 21.3. The Morgan fingerprint density at radius 2 is 1.24 bits per heavy atom. The molecule has 0 bridgehead atoms. The molecule has 1 aliphatic heterocycles. The summed E-state index contributed by atoms with van der Waals surface area (Å²) in [6.45, 7) is 4.36. The quantitative estimate of drug-likeness (QED) is 0.236. The summed E-state index contributed by atoms with van der Waals surface area (Å²) in [5.41, 5.74) is 12.4. The number of nitrogens with zero attached hydrogens (tertiary/aromatic N) is 2. The predicted molar refractivity (Wildman–Crippen MR) is 161 cm³/mol. The number of anilines is 3. The smallest absolute Gasteiger partial charge is 0.0640 e. The van der Waals surface area contributed by atoms with Gasteiger partial charge in [0.25, 0.3) is 0 Å². The first-order valence-corrected chi connectivity index (χ1v) is 13.2. The summed E-state index contributed by atoms with van der Waals surface area (Å²) < 4.78 is 2.44. The van der Waals surface area contributed by atoms with Gasteiger partial charge in [0.15, 0.2) is 0 Å². The van der Waals surface area contributed by atoms with Crippen molar-refractivity contribution in [2.75, 3.05) is 4.90 Å². The van der Waals surface area contributed by atoms with Gasteiger partial charge in [-0.1, -0.05) is 78.9 Å². The molecule has 2 nitrogen and oxygen atoms in total. The van der Waals surface area contributed by atoms with Gasteiger partial charge < -0.3 is 9.47 Å². The van der Waals surface area contributed by atoms with E-state index in [9.17, 15) is 0 Å². The van der Waals surface area contributed by atoms with Crippen molar-refractivity contribution in [2.45, 2.75) is 13.8 Å². The Bertz CT molecular complexity index is 2020. The number of rotatable bonds is 2. The maximum Gasteiger partial charge on any atom is 0.0640 e. The average Bonchev–Trinajstić information content (AvgIpc) is 3.28. The monoisotopic (exact) mass is 486 g/mol. The van der Waals surface area contributed by atoms with E-state index < -0.39 is 0 Å². The van der Waals surface area contributed by atoms with E-state index in [1.807, 2.05) is 0 Å². The van der Waals surface area contributed by atoms with Gasteiger partial charge in [0, 0.05) is 33.1 Å². The van der Waals surface area contributed by atoms with Crippen LogP contribution in [0.1, 0.15) is 11.1 Å². The summed E-state index contributed by atoms with van der Waals surface area (Å²) in [7, 11) is 0. The molecule has 0 saturated carbocycles. The fourth-order valence-electron chi connectivity index (χ4n) is 6.55. The summed E-state index contributed by atoms with van der Waals surface area (Å²) in [4.78, 5) is 2.48. The summed E-state index contributed by atoms with van der Waals surface area (Å²) in [5, 5.41) is 5.13. The Hall–Kier alpha value is -4.82. The Kier molecular flexibility index (Phi) is 4.39. The summed E-state index contributed by atoms with van der Waals surface area (Å²) in [6, 6.07) is 44.5. The van der Waals surface area contributed by atoms with Crippen LogP contribution in [0.25, 0.3) is 49.4 Å². The van der Waals surface area contributed by atoms with Crippen molar-refractivity contribution in [1.29, 1.82) is 0 Å². The van der Waals surface area contributed by atoms with Crippen LogP contribution in [0.15, 0.2) is 121 Å².